The number of carbonyl (C=O) groups is 2. The molecule has 2 saturated heterocycles. The maximum atomic E-state index is 12.1. The quantitative estimate of drug-likeness (QED) is 0.705. The number of hydrogen-bond donors (Lipinski definition) is 1. The lowest BCUT2D eigenvalue weighted by Crippen LogP contribution is -2.53. The molecule has 5 heteroatoms. The van der Waals surface area contributed by atoms with Gasteiger partial charge in [-0.05, 0) is 33.7 Å². The third kappa shape index (κ3) is 2.66. The second kappa shape index (κ2) is 4.53. The van der Waals surface area contributed by atoms with Gasteiger partial charge in [-0.15, -0.1) is 0 Å². The molecule has 2 fully saturated rings. The second-order valence-electron chi connectivity index (χ2n) is 6.28. The highest BCUT2D eigenvalue weighted by atomic mass is 16.6. The third-order valence-electron chi connectivity index (χ3n) is 3.59. The summed E-state index contributed by atoms with van der Waals surface area (Å²) in [6.07, 6.45) is 0.966. The third-order valence-corrected chi connectivity index (χ3v) is 3.59. The normalized spacial score (nSPS) is 28.8. The number of likely N-dealkylation sites (tertiary alicyclic amines) is 1. The van der Waals surface area contributed by atoms with Gasteiger partial charge >= 0.3 is 6.09 Å². The van der Waals surface area contributed by atoms with Gasteiger partial charge in [0.2, 0.25) is 0 Å². The molecule has 1 N–H and O–H groups in total. The zero-order valence-corrected chi connectivity index (χ0v) is 11.4. The highest BCUT2D eigenvalue weighted by Crippen LogP contribution is 2.33. The van der Waals surface area contributed by atoms with E-state index in [1.54, 1.807) is 4.90 Å². The van der Waals surface area contributed by atoms with Gasteiger partial charge in [0, 0.05) is 26.1 Å². The Kier molecular flexibility index (Phi) is 3.36. The van der Waals surface area contributed by atoms with Crippen molar-refractivity contribution >= 4 is 11.9 Å². The Bertz CT molecular complexity index is 354. The lowest BCUT2D eigenvalue weighted by Gasteiger charge is -2.39. The number of piperidine rings is 1. The molecule has 1 atom stereocenters. The molecule has 0 bridgehead atoms. The molecule has 2 aliphatic rings. The van der Waals surface area contributed by atoms with Crippen LogP contribution in [0.15, 0.2) is 0 Å². The van der Waals surface area contributed by atoms with Crippen LogP contribution in [0.25, 0.3) is 0 Å². The van der Waals surface area contributed by atoms with Crippen molar-refractivity contribution in [2.24, 2.45) is 5.41 Å². The fourth-order valence-electron chi connectivity index (χ4n) is 2.63. The minimum absolute atomic E-state index is 0.285. The summed E-state index contributed by atoms with van der Waals surface area (Å²) < 4.78 is 5.37. The van der Waals surface area contributed by atoms with Gasteiger partial charge in [-0.1, -0.05) is 0 Å². The summed E-state index contributed by atoms with van der Waals surface area (Å²) in [7, 11) is 0. The number of hydrogen-bond acceptors (Lipinski definition) is 4. The van der Waals surface area contributed by atoms with Crippen molar-refractivity contribution in [3.8, 4) is 0 Å². The topological polar surface area (TPSA) is 58.6 Å². The monoisotopic (exact) mass is 254 g/mol. The van der Waals surface area contributed by atoms with Gasteiger partial charge in [-0.3, -0.25) is 4.79 Å². The predicted octanol–water partition coefficient (Wildman–Crippen LogP) is 1.18. The Balaban J connectivity index is 2.03. The molecule has 0 aromatic carbocycles. The van der Waals surface area contributed by atoms with Crippen LogP contribution in [-0.2, 0) is 9.53 Å². The van der Waals surface area contributed by atoms with Gasteiger partial charge in [0.05, 0.1) is 5.41 Å². The first-order valence-corrected chi connectivity index (χ1v) is 6.54. The number of Topliss-reactive ketones (excluding diaryl/α,β-unsaturated/α-hetero) is 1. The van der Waals surface area contributed by atoms with E-state index in [2.05, 4.69) is 5.32 Å². The lowest BCUT2D eigenvalue weighted by atomic mass is 9.78. The molecule has 0 aliphatic carbocycles. The Morgan fingerprint density at radius 3 is 2.72 bits per heavy atom. The van der Waals surface area contributed by atoms with E-state index in [0.717, 1.165) is 13.0 Å². The SMILES string of the molecule is CC(C)(C)OC(=O)N1CCC(=O)[C@@]2(CCNC2)C1. The van der Waals surface area contributed by atoms with Gasteiger partial charge in [0.15, 0.2) is 0 Å². The Hall–Kier alpha value is -1.10. The zero-order valence-electron chi connectivity index (χ0n) is 11.4. The standard InChI is InChI=1S/C13H22N2O3/c1-12(2,3)18-11(17)15-7-4-10(16)13(9-15)5-6-14-8-13/h14H,4-9H2,1-3H3/t13-/m1/s1. The van der Waals surface area contributed by atoms with Crippen LogP contribution >= 0.6 is 0 Å². The van der Waals surface area contributed by atoms with Crippen molar-refractivity contribution in [1.29, 1.82) is 0 Å². The fourth-order valence-corrected chi connectivity index (χ4v) is 2.63. The highest BCUT2D eigenvalue weighted by molar-refractivity contribution is 5.88. The van der Waals surface area contributed by atoms with Gasteiger partial charge in [-0.2, -0.15) is 0 Å². The Labute approximate surface area is 108 Å². The van der Waals surface area contributed by atoms with Gasteiger partial charge in [-0.25, -0.2) is 4.79 Å². The van der Waals surface area contributed by atoms with E-state index in [0.29, 0.717) is 26.1 Å². The van der Waals surface area contributed by atoms with E-state index in [4.69, 9.17) is 4.74 Å². The first kappa shape index (κ1) is 13.3. The van der Waals surface area contributed by atoms with Crippen molar-refractivity contribution < 1.29 is 14.3 Å². The maximum Gasteiger partial charge on any atom is 0.410 e. The van der Waals surface area contributed by atoms with Crippen LogP contribution in [0.2, 0.25) is 0 Å². The summed E-state index contributed by atoms with van der Waals surface area (Å²) >= 11 is 0. The summed E-state index contributed by atoms with van der Waals surface area (Å²) in [5.74, 6) is 0.285. The molecule has 0 unspecified atom stereocenters. The average Bonchev–Trinajstić information content (AvgIpc) is 2.69. The lowest BCUT2D eigenvalue weighted by molar-refractivity contribution is -0.132. The van der Waals surface area contributed by atoms with E-state index in [9.17, 15) is 9.59 Å². The van der Waals surface area contributed by atoms with E-state index in [1.165, 1.54) is 0 Å². The first-order valence-electron chi connectivity index (χ1n) is 6.54. The van der Waals surface area contributed by atoms with Crippen molar-refractivity contribution in [2.75, 3.05) is 26.2 Å². The largest absolute Gasteiger partial charge is 0.444 e. The van der Waals surface area contributed by atoms with E-state index >= 15 is 0 Å². The molecule has 2 heterocycles. The molecule has 18 heavy (non-hydrogen) atoms. The number of nitrogens with one attached hydrogen (secondary N) is 1. The van der Waals surface area contributed by atoms with Crippen LogP contribution in [0.5, 0.6) is 0 Å². The predicted molar refractivity (Wildman–Crippen MR) is 67.4 cm³/mol. The molecule has 1 spiro atoms. The summed E-state index contributed by atoms with van der Waals surface area (Å²) in [6, 6.07) is 0. The molecular weight excluding hydrogens is 232 g/mol. The summed E-state index contributed by atoms with van der Waals surface area (Å²) in [4.78, 5) is 25.8. The number of ketones is 1. The number of nitrogens with zero attached hydrogens (tertiary/aromatic N) is 1. The first-order chi connectivity index (χ1) is 8.32. The number of rotatable bonds is 0. The summed E-state index contributed by atoms with van der Waals surface area (Å²) in [6.45, 7) is 8.08. The maximum absolute atomic E-state index is 12.1. The molecule has 0 aromatic rings. The van der Waals surface area contributed by atoms with Crippen molar-refractivity contribution in [3.05, 3.63) is 0 Å². The van der Waals surface area contributed by atoms with E-state index < -0.39 is 5.60 Å². The van der Waals surface area contributed by atoms with Crippen molar-refractivity contribution in [3.63, 3.8) is 0 Å². The van der Waals surface area contributed by atoms with Gasteiger partial charge in [0.25, 0.3) is 0 Å². The Morgan fingerprint density at radius 1 is 1.44 bits per heavy atom. The highest BCUT2D eigenvalue weighted by Gasteiger charge is 2.46. The number of amides is 1. The zero-order chi connectivity index (χ0) is 13.4. The summed E-state index contributed by atoms with van der Waals surface area (Å²) in [5.41, 5.74) is -0.852. The molecule has 1 amide bonds. The van der Waals surface area contributed by atoms with E-state index in [-0.39, 0.29) is 17.3 Å². The molecule has 0 radical (unpaired) electrons. The average molecular weight is 254 g/mol. The van der Waals surface area contributed by atoms with Crippen LogP contribution in [-0.4, -0.2) is 48.6 Å². The van der Waals surface area contributed by atoms with Crippen LogP contribution < -0.4 is 5.32 Å². The van der Waals surface area contributed by atoms with Crippen LogP contribution in [0, 0.1) is 5.41 Å². The molecule has 5 nitrogen and oxygen atoms in total. The number of carbonyl (C=O) groups excluding carboxylic acids is 2. The molecule has 102 valence electrons. The second-order valence-corrected chi connectivity index (χ2v) is 6.28. The minimum atomic E-state index is -0.486. The van der Waals surface area contributed by atoms with Crippen LogP contribution in [0.3, 0.4) is 0 Å². The molecule has 2 rings (SSSR count). The van der Waals surface area contributed by atoms with Crippen LogP contribution in [0.4, 0.5) is 4.79 Å². The molecule has 2 aliphatic heterocycles. The van der Waals surface area contributed by atoms with Gasteiger partial charge < -0.3 is 15.0 Å². The van der Waals surface area contributed by atoms with Crippen LogP contribution in [0.1, 0.15) is 33.6 Å². The Morgan fingerprint density at radius 2 is 2.17 bits per heavy atom. The smallest absolute Gasteiger partial charge is 0.410 e. The molecule has 0 saturated carbocycles. The van der Waals surface area contributed by atoms with E-state index in [1.807, 2.05) is 20.8 Å². The van der Waals surface area contributed by atoms with Gasteiger partial charge in [0.1, 0.15) is 11.4 Å². The van der Waals surface area contributed by atoms with Crippen molar-refractivity contribution in [1.82, 2.24) is 10.2 Å². The number of ether oxygens (including phenoxy) is 1. The molecule has 0 aromatic heterocycles. The molecular formula is C13H22N2O3. The van der Waals surface area contributed by atoms with Crippen molar-refractivity contribution in [2.45, 2.75) is 39.2 Å². The minimum Gasteiger partial charge on any atom is -0.444 e. The fraction of sp³-hybridized carbons (Fsp3) is 0.846. The summed E-state index contributed by atoms with van der Waals surface area (Å²) in [5, 5.41) is 3.22.